The zero-order valence-electron chi connectivity index (χ0n) is 18.3. The van der Waals surface area contributed by atoms with Crippen LogP contribution in [-0.2, 0) is 15.3 Å². The first-order valence-corrected chi connectivity index (χ1v) is 18.7. The molecule has 0 heterocycles. The summed E-state index contributed by atoms with van der Waals surface area (Å²) in [6, 6.07) is 0. The average Bonchev–Trinajstić information content (AvgIpc) is 2.60. The average molecular weight is 433 g/mol. The van der Waals surface area contributed by atoms with Crippen molar-refractivity contribution in [2.45, 2.75) is 93.0 Å². The van der Waals surface area contributed by atoms with Crippen molar-refractivity contribution < 1.29 is 15.3 Å². The fraction of sp³-hybridized carbons (Fsp3) is 0.789. The number of hydrogen-bond acceptors (Lipinski definition) is 1. The Balaban J connectivity index is -0.000000342. The Labute approximate surface area is 168 Å². The van der Waals surface area contributed by atoms with Crippen LogP contribution in [0.3, 0.4) is 0 Å². The topological polar surface area (TPSA) is 3.24 Å². The molecule has 0 aromatic heterocycles. The number of halogens is 2. The Morgan fingerprint density at radius 2 is 1.25 bits per heavy atom. The van der Waals surface area contributed by atoms with Crippen LogP contribution in [0.1, 0.15) is 48.0 Å². The van der Waals surface area contributed by atoms with Crippen molar-refractivity contribution in [1.82, 2.24) is 4.57 Å². The van der Waals surface area contributed by atoms with E-state index in [1.807, 2.05) is 0 Å². The third-order valence-corrected chi connectivity index (χ3v) is 11.2. The molecule has 0 unspecified atom stereocenters. The van der Waals surface area contributed by atoms with Gasteiger partial charge >= 0.3 is 64.7 Å². The van der Waals surface area contributed by atoms with Crippen molar-refractivity contribution in [3.63, 3.8) is 0 Å². The van der Waals surface area contributed by atoms with Crippen LogP contribution in [0.15, 0.2) is 22.1 Å². The van der Waals surface area contributed by atoms with Crippen molar-refractivity contribution in [2.75, 3.05) is 0 Å². The van der Waals surface area contributed by atoms with Gasteiger partial charge < -0.3 is 4.57 Å². The Morgan fingerprint density at radius 3 is 1.33 bits per heavy atom. The van der Waals surface area contributed by atoms with Crippen molar-refractivity contribution in [3.8, 4) is 0 Å². The van der Waals surface area contributed by atoms with Crippen LogP contribution in [0, 0.1) is 0 Å². The molecule has 0 aromatic rings. The zero-order chi connectivity index (χ0) is 18.0. The van der Waals surface area contributed by atoms with Crippen molar-refractivity contribution in [3.05, 3.63) is 22.1 Å². The van der Waals surface area contributed by atoms with Crippen molar-refractivity contribution in [1.29, 1.82) is 0 Å². The van der Waals surface area contributed by atoms with Gasteiger partial charge in [0.05, 0.1) is 0 Å². The normalized spacial score (nSPS) is 16.4. The number of allylic oxidation sites excluding steroid dienone is 4. The molecule has 1 aliphatic rings. The second-order valence-corrected chi connectivity index (χ2v) is 27.3. The van der Waals surface area contributed by atoms with E-state index >= 15 is 0 Å². The second kappa shape index (κ2) is 9.76. The summed E-state index contributed by atoms with van der Waals surface area (Å²) in [5.74, 6) is 0. The maximum absolute atomic E-state index is 2.68. The van der Waals surface area contributed by atoms with Crippen LogP contribution >= 0.6 is 24.8 Å². The molecule has 1 nitrogen and oxygen atoms in total. The fourth-order valence-corrected chi connectivity index (χ4v) is 9.49. The van der Waals surface area contributed by atoms with Crippen LogP contribution in [-0.4, -0.2) is 24.6 Å². The van der Waals surface area contributed by atoms with Gasteiger partial charge in [0, 0.05) is 11.1 Å². The number of rotatable bonds is 2. The Kier molecular flexibility index (Phi) is 12.1. The molecule has 0 bridgehead atoms. The van der Waals surface area contributed by atoms with Crippen LogP contribution < -0.4 is 0 Å². The number of hydrogen-bond donors (Lipinski definition) is 0. The number of nitrogens with zero attached hydrogens (tertiary/aromatic N) is 1. The summed E-state index contributed by atoms with van der Waals surface area (Å²) in [4.78, 5) is 0. The molecule has 0 saturated carbocycles. The quantitative estimate of drug-likeness (QED) is 0.410. The van der Waals surface area contributed by atoms with Crippen LogP contribution in [0.4, 0.5) is 0 Å². The third kappa shape index (κ3) is 10.8. The third-order valence-electron chi connectivity index (χ3n) is 4.02. The van der Waals surface area contributed by atoms with Gasteiger partial charge in [-0.1, -0.05) is 13.1 Å². The van der Waals surface area contributed by atoms with Gasteiger partial charge in [-0.25, -0.2) is 0 Å². The zero-order valence-corrected chi connectivity index (χ0v) is 22.6. The van der Waals surface area contributed by atoms with Gasteiger partial charge in [-0.2, -0.15) is 0 Å². The van der Waals surface area contributed by atoms with E-state index in [-0.39, 0.29) is 24.8 Å². The molecule has 1 aliphatic carbocycles. The summed E-state index contributed by atoms with van der Waals surface area (Å²) in [6.07, 6.45) is 7.99. The Hall–Kier alpha value is 0.951. The second-order valence-electron chi connectivity index (χ2n) is 11.1. The minimum absolute atomic E-state index is 0. The van der Waals surface area contributed by atoms with E-state index < -0.39 is 24.3 Å². The van der Waals surface area contributed by atoms with E-state index in [1.54, 1.807) is 3.88 Å². The molecule has 24 heavy (non-hydrogen) atoms. The first kappa shape index (κ1) is 29.7. The van der Waals surface area contributed by atoms with Gasteiger partial charge in [0.15, 0.2) is 0 Å². The van der Waals surface area contributed by atoms with E-state index in [9.17, 15) is 0 Å². The van der Waals surface area contributed by atoms with Gasteiger partial charge in [-0.05, 0) is 41.5 Å². The molecule has 1 rings (SSSR count). The summed E-state index contributed by atoms with van der Waals surface area (Å²) in [5.41, 5.74) is 0.636. The van der Waals surface area contributed by atoms with Crippen molar-refractivity contribution in [2.24, 2.45) is 0 Å². The van der Waals surface area contributed by atoms with E-state index in [0.29, 0.717) is 11.1 Å². The first-order chi connectivity index (χ1) is 9.43. The fourth-order valence-electron chi connectivity index (χ4n) is 3.74. The van der Waals surface area contributed by atoms with E-state index in [4.69, 9.17) is 0 Å². The minimum atomic E-state index is -2.02. The van der Waals surface area contributed by atoms with Gasteiger partial charge in [0.2, 0.25) is 0 Å². The molecule has 0 N–H and O–H groups in total. The van der Waals surface area contributed by atoms with E-state index in [1.165, 1.54) is 6.42 Å². The summed E-state index contributed by atoms with van der Waals surface area (Å²) < 4.78 is 4.40. The Morgan fingerprint density at radius 1 is 0.875 bits per heavy atom. The molecule has 0 radical (unpaired) electrons. The monoisotopic (exact) mass is 432 g/mol. The van der Waals surface area contributed by atoms with E-state index in [2.05, 4.69) is 98.3 Å². The molecule has 0 aliphatic heterocycles. The molecule has 0 spiro atoms. The summed E-state index contributed by atoms with van der Waals surface area (Å²) >= 11 is -2.02. The molecule has 0 fully saturated rings. The van der Waals surface area contributed by atoms with Gasteiger partial charge in [-0.15, -0.1) is 24.8 Å². The molecule has 147 valence electrons. The van der Waals surface area contributed by atoms with Gasteiger partial charge in [0.25, 0.3) is 0 Å². The maximum atomic E-state index is 2.68. The van der Waals surface area contributed by atoms with E-state index in [0.717, 1.165) is 0 Å². The summed E-state index contributed by atoms with van der Waals surface area (Å²) in [6.45, 7) is 18.7. The van der Waals surface area contributed by atoms with Gasteiger partial charge in [-0.3, -0.25) is 0 Å². The van der Waals surface area contributed by atoms with Crippen LogP contribution in [0.5, 0.6) is 0 Å². The predicted molar refractivity (Wildman–Crippen MR) is 120 cm³/mol. The first-order valence-electron chi connectivity index (χ1n) is 8.83. The van der Waals surface area contributed by atoms with Crippen LogP contribution in [0.25, 0.3) is 0 Å². The predicted octanol–water partition coefficient (Wildman–Crippen LogP) is 7.42. The summed E-state index contributed by atoms with van der Waals surface area (Å²) in [7, 11) is -0.702. The molecule has 0 aromatic carbocycles. The van der Waals surface area contributed by atoms with Crippen LogP contribution in [0.2, 0.25) is 34.0 Å². The summed E-state index contributed by atoms with van der Waals surface area (Å²) in [5, 5.41) is 9.87. The molecule has 5 heteroatoms. The molecule has 0 atom stereocenters. The molecule has 0 saturated heterocycles. The molecular weight excluding hydrogens is 389 g/mol. The molecular formula is C19H44Cl2NSiTi. The van der Waals surface area contributed by atoms with Gasteiger partial charge in [0.1, 0.15) is 8.96 Å². The molecule has 0 amide bonds. The standard InChI is InChI=1S/C10H25NSi.C5H5.4CH3.2ClH.Ti/c1-9(2,3)11(12(7)8)10(4,5)6;1-2-4-5-3-1;;;;;;;/h12H,1-8H3;1-3H,4H2;4*1H3;2*1H;. The van der Waals surface area contributed by atoms with Crippen molar-refractivity contribution >= 4 is 33.8 Å². The Bertz CT molecular complexity index is 412. The SMILES string of the molecule is C[SiH](C)N(C(C)(C)C)C(C)(C)C.Cl.Cl.[CH3][Ti]([CH3])([CH3])([CH3])[C]1=CC=CC1.